The van der Waals surface area contributed by atoms with Crippen LogP contribution in [-0.2, 0) is 4.74 Å². The van der Waals surface area contributed by atoms with Crippen molar-refractivity contribution in [2.75, 3.05) is 18.0 Å². The van der Waals surface area contributed by atoms with Crippen molar-refractivity contribution in [1.29, 1.82) is 0 Å². The molecular formula is C15H21BrN2O2. The lowest BCUT2D eigenvalue weighted by Crippen LogP contribution is -2.40. The molecule has 1 saturated heterocycles. The van der Waals surface area contributed by atoms with Crippen LogP contribution in [0.15, 0.2) is 28.7 Å². The first-order chi connectivity index (χ1) is 9.33. The average molecular weight is 341 g/mol. The molecule has 0 radical (unpaired) electrons. The molecule has 0 bridgehead atoms. The molecule has 0 aliphatic carbocycles. The van der Waals surface area contributed by atoms with Gasteiger partial charge in [0.05, 0.1) is 6.04 Å². The Bertz CT molecular complexity index is 468. The summed E-state index contributed by atoms with van der Waals surface area (Å²) in [6.07, 6.45) is 0.607. The quantitative estimate of drug-likeness (QED) is 0.894. The maximum absolute atomic E-state index is 11.7. The number of anilines is 1. The van der Waals surface area contributed by atoms with Gasteiger partial charge in [-0.25, -0.2) is 4.79 Å². The molecule has 4 nitrogen and oxygen atoms in total. The van der Waals surface area contributed by atoms with Crippen LogP contribution in [0, 0.1) is 0 Å². The lowest BCUT2D eigenvalue weighted by Gasteiger charge is -2.22. The molecule has 0 saturated carbocycles. The third kappa shape index (κ3) is 4.40. The molecule has 1 aromatic rings. The summed E-state index contributed by atoms with van der Waals surface area (Å²) < 4.78 is 6.35. The van der Waals surface area contributed by atoms with Crippen molar-refractivity contribution in [2.24, 2.45) is 0 Å². The molecule has 1 amide bonds. The van der Waals surface area contributed by atoms with Gasteiger partial charge in [-0.1, -0.05) is 15.9 Å². The normalized spacial score (nSPS) is 19.0. The van der Waals surface area contributed by atoms with Gasteiger partial charge in [0.2, 0.25) is 0 Å². The predicted octanol–water partition coefficient (Wildman–Crippen LogP) is 3.55. The van der Waals surface area contributed by atoms with E-state index in [9.17, 15) is 4.79 Å². The van der Waals surface area contributed by atoms with Crippen molar-refractivity contribution in [2.45, 2.75) is 38.8 Å². The van der Waals surface area contributed by atoms with E-state index >= 15 is 0 Å². The third-order valence-electron chi connectivity index (χ3n) is 3.10. The van der Waals surface area contributed by atoms with Crippen LogP contribution in [0.1, 0.15) is 27.2 Å². The summed E-state index contributed by atoms with van der Waals surface area (Å²) in [4.78, 5) is 14.0. The van der Waals surface area contributed by atoms with Crippen LogP contribution in [0.3, 0.4) is 0 Å². The lowest BCUT2D eigenvalue weighted by atomic mass is 10.2. The molecule has 1 aliphatic rings. The highest BCUT2D eigenvalue weighted by molar-refractivity contribution is 9.10. The van der Waals surface area contributed by atoms with Crippen molar-refractivity contribution in [3.63, 3.8) is 0 Å². The van der Waals surface area contributed by atoms with Crippen LogP contribution in [0.5, 0.6) is 0 Å². The molecule has 1 N–H and O–H groups in total. The van der Waals surface area contributed by atoms with Gasteiger partial charge in [0.25, 0.3) is 0 Å². The number of nitrogens with one attached hydrogen (secondary N) is 1. The van der Waals surface area contributed by atoms with E-state index in [0.29, 0.717) is 0 Å². The van der Waals surface area contributed by atoms with E-state index < -0.39 is 5.60 Å². The standard InChI is InChI=1S/C15H21BrN2O2/c1-15(2,3)20-14(19)17-12-8-9-18(10-12)13-6-4-11(16)5-7-13/h4-7,12H,8-10H2,1-3H3,(H,17,19). The van der Waals surface area contributed by atoms with E-state index in [1.165, 1.54) is 5.69 Å². The fourth-order valence-corrected chi connectivity index (χ4v) is 2.50. The van der Waals surface area contributed by atoms with Gasteiger partial charge in [-0.3, -0.25) is 0 Å². The largest absolute Gasteiger partial charge is 0.444 e. The highest BCUT2D eigenvalue weighted by Gasteiger charge is 2.26. The molecule has 5 heteroatoms. The zero-order chi connectivity index (χ0) is 14.8. The predicted molar refractivity (Wildman–Crippen MR) is 84.1 cm³/mol. The first-order valence-corrected chi connectivity index (χ1v) is 7.63. The molecule has 1 atom stereocenters. The number of rotatable bonds is 2. The molecule has 1 heterocycles. The summed E-state index contributed by atoms with van der Waals surface area (Å²) in [6, 6.07) is 8.38. The monoisotopic (exact) mass is 340 g/mol. The minimum Gasteiger partial charge on any atom is -0.444 e. The fourth-order valence-electron chi connectivity index (χ4n) is 2.24. The minimum absolute atomic E-state index is 0.147. The van der Waals surface area contributed by atoms with Crippen molar-refractivity contribution in [3.05, 3.63) is 28.7 Å². The number of hydrogen-bond donors (Lipinski definition) is 1. The number of carbonyl (C=O) groups is 1. The van der Waals surface area contributed by atoms with Crippen LogP contribution in [0.25, 0.3) is 0 Å². The van der Waals surface area contributed by atoms with Gasteiger partial charge in [-0.2, -0.15) is 0 Å². The Hall–Kier alpha value is -1.23. The summed E-state index contributed by atoms with van der Waals surface area (Å²) in [5.74, 6) is 0. The molecule has 1 unspecified atom stereocenters. The zero-order valence-corrected chi connectivity index (χ0v) is 13.7. The van der Waals surface area contributed by atoms with E-state index in [-0.39, 0.29) is 12.1 Å². The molecule has 20 heavy (non-hydrogen) atoms. The number of alkyl carbamates (subject to hydrolysis) is 1. The second kappa shape index (κ2) is 6.04. The van der Waals surface area contributed by atoms with Gasteiger partial charge >= 0.3 is 6.09 Å². The van der Waals surface area contributed by atoms with Crippen LogP contribution in [-0.4, -0.2) is 30.8 Å². The highest BCUT2D eigenvalue weighted by atomic mass is 79.9. The molecular weight excluding hydrogens is 320 g/mol. The lowest BCUT2D eigenvalue weighted by molar-refractivity contribution is 0.0509. The maximum atomic E-state index is 11.7. The van der Waals surface area contributed by atoms with Gasteiger partial charge in [0, 0.05) is 23.2 Å². The number of nitrogens with zero attached hydrogens (tertiary/aromatic N) is 1. The van der Waals surface area contributed by atoms with E-state index in [1.54, 1.807) is 0 Å². The van der Waals surface area contributed by atoms with Crippen LogP contribution < -0.4 is 10.2 Å². The smallest absolute Gasteiger partial charge is 0.407 e. The molecule has 2 rings (SSSR count). The Morgan fingerprint density at radius 3 is 2.60 bits per heavy atom. The topological polar surface area (TPSA) is 41.6 Å². The van der Waals surface area contributed by atoms with Crippen LogP contribution in [0.2, 0.25) is 0 Å². The second-order valence-corrected chi connectivity index (χ2v) is 6.97. The Morgan fingerprint density at radius 2 is 2.00 bits per heavy atom. The fraction of sp³-hybridized carbons (Fsp3) is 0.533. The summed E-state index contributed by atoms with van der Waals surface area (Å²) in [5, 5.41) is 2.93. The number of carbonyl (C=O) groups excluding carboxylic acids is 1. The highest BCUT2D eigenvalue weighted by Crippen LogP contribution is 2.22. The molecule has 0 aromatic heterocycles. The summed E-state index contributed by atoms with van der Waals surface area (Å²) in [5.41, 5.74) is 0.732. The number of halogens is 1. The molecule has 1 aromatic carbocycles. The van der Waals surface area contributed by atoms with Crippen LogP contribution in [0.4, 0.5) is 10.5 Å². The second-order valence-electron chi connectivity index (χ2n) is 6.05. The van der Waals surface area contributed by atoms with E-state index in [4.69, 9.17) is 4.74 Å². The van der Waals surface area contributed by atoms with E-state index in [1.807, 2.05) is 32.9 Å². The number of ether oxygens (including phenoxy) is 1. The van der Waals surface area contributed by atoms with Gasteiger partial charge in [0.15, 0.2) is 0 Å². The van der Waals surface area contributed by atoms with E-state index in [2.05, 4.69) is 38.3 Å². The van der Waals surface area contributed by atoms with Gasteiger partial charge in [-0.15, -0.1) is 0 Å². The van der Waals surface area contributed by atoms with Crippen molar-refractivity contribution in [1.82, 2.24) is 5.32 Å². The third-order valence-corrected chi connectivity index (χ3v) is 3.63. The van der Waals surface area contributed by atoms with Gasteiger partial charge in [-0.05, 0) is 51.5 Å². The van der Waals surface area contributed by atoms with Crippen molar-refractivity contribution >= 4 is 27.7 Å². The molecule has 0 spiro atoms. The van der Waals surface area contributed by atoms with Crippen molar-refractivity contribution < 1.29 is 9.53 Å². The first kappa shape index (κ1) is 15.2. The average Bonchev–Trinajstić information content (AvgIpc) is 2.75. The SMILES string of the molecule is CC(C)(C)OC(=O)NC1CCN(c2ccc(Br)cc2)C1. The minimum atomic E-state index is -0.450. The Kier molecular flexibility index (Phi) is 4.58. The summed E-state index contributed by atoms with van der Waals surface area (Å²) in [6.45, 7) is 7.38. The number of amides is 1. The van der Waals surface area contributed by atoms with Crippen LogP contribution >= 0.6 is 15.9 Å². The number of hydrogen-bond acceptors (Lipinski definition) is 3. The summed E-state index contributed by atoms with van der Waals surface area (Å²) in [7, 11) is 0. The molecule has 1 fully saturated rings. The maximum Gasteiger partial charge on any atom is 0.407 e. The summed E-state index contributed by atoms with van der Waals surface area (Å²) >= 11 is 3.43. The van der Waals surface area contributed by atoms with Gasteiger partial charge < -0.3 is 15.0 Å². The first-order valence-electron chi connectivity index (χ1n) is 6.83. The van der Waals surface area contributed by atoms with E-state index in [0.717, 1.165) is 24.0 Å². The molecule has 110 valence electrons. The molecule has 1 aliphatic heterocycles. The Labute approximate surface area is 128 Å². The zero-order valence-electron chi connectivity index (χ0n) is 12.1. The Morgan fingerprint density at radius 1 is 1.35 bits per heavy atom. The Balaban J connectivity index is 1.86. The van der Waals surface area contributed by atoms with Crippen molar-refractivity contribution in [3.8, 4) is 0 Å². The van der Waals surface area contributed by atoms with Gasteiger partial charge in [0.1, 0.15) is 5.60 Å². The number of benzene rings is 1.